The molecule has 6 heteroatoms. The highest BCUT2D eigenvalue weighted by atomic mass is 35.5. The number of piperidine rings is 1. The molecule has 25 heavy (non-hydrogen) atoms. The molecule has 3 atom stereocenters. The molecular weight excluding hydrogens is 338 g/mol. The van der Waals surface area contributed by atoms with Gasteiger partial charge in [-0.2, -0.15) is 0 Å². The molecule has 1 aliphatic heterocycles. The minimum Gasteiger partial charge on any atom is -0.351 e. The number of amides is 2. The average molecular weight is 368 g/mol. The largest absolute Gasteiger partial charge is 0.351 e. The van der Waals surface area contributed by atoms with Crippen molar-refractivity contribution >= 4 is 24.2 Å². The quantitative estimate of drug-likeness (QED) is 0.748. The second-order valence-electron chi connectivity index (χ2n) is 7.15. The molecule has 3 N–H and O–H groups in total. The van der Waals surface area contributed by atoms with E-state index in [9.17, 15) is 9.59 Å². The van der Waals surface area contributed by atoms with Gasteiger partial charge in [0.25, 0.3) is 5.91 Å². The Labute approximate surface area is 156 Å². The minimum atomic E-state index is -0.524. The third-order valence-electron chi connectivity index (χ3n) is 4.52. The third-order valence-corrected chi connectivity index (χ3v) is 4.52. The zero-order valence-corrected chi connectivity index (χ0v) is 16.3. The number of hydrogen-bond acceptors (Lipinski definition) is 3. The standard InChI is InChI=1S/C19H29N3O2.ClH/c1-12(2)17(19(24)21-16-9-10-20-14(4)11-16)22-18(23)15-7-5-13(3)6-8-15;/h5-8,12,14,16-17,20H,9-11H2,1-4H3,(H,21,24)(H,22,23);1H. The molecule has 2 amide bonds. The molecule has 1 saturated heterocycles. The normalized spacial score (nSPS) is 21.2. The number of carbonyl (C=O) groups is 2. The van der Waals surface area contributed by atoms with Gasteiger partial charge in [0.1, 0.15) is 6.04 Å². The number of benzene rings is 1. The van der Waals surface area contributed by atoms with Gasteiger partial charge in [0.05, 0.1) is 0 Å². The van der Waals surface area contributed by atoms with Crippen LogP contribution >= 0.6 is 12.4 Å². The first-order valence-corrected chi connectivity index (χ1v) is 8.78. The van der Waals surface area contributed by atoms with Gasteiger partial charge in [-0.05, 0) is 51.3 Å². The fourth-order valence-corrected chi connectivity index (χ4v) is 3.02. The van der Waals surface area contributed by atoms with Gasteiger partial charge in [0.2, 0.25) is 5.91 Å². The number of nitrogens with one attached hydrogen (secondary N) is 3. The smallest absolute Gasteiger partial charge is 0.251 e. The van der Waals surface area contributed by atoms with Gasteiger partial charge >= 0.3 is 0 Å². The maximum Gasteiger partial charge on any atom is 0.251 e. The highest BCUT2D eigenvalue weighted by molar-refractivity contribution is 5.97. The Kier molecular flexibility index (Phi) is 8.39. The topological polar surface area (TPSA) is 70.2 Å². The molecule has 0 aromatic heterocycles. The molecule has 0 bridgehead atoms. The van der Waals surface area contributed by atoms with Crippen LogP contribution in [0.15, 0.2) is 24.3 Å². The van der Waals surface area contributed by atoms with Crippen molar-refractivity contribution in [1.29, 1.82) is 0 Å². The molecular formula is C19H30ClN3O2. The molecule has 1 aliphatic rings. The van der Waals surface area contributed by atoms with Crippen LogP contribution in [0.3, 0.4) is 0 Å². The number of aryl methyl sites for hydroxylation is 1. The zero-order chi connectivity index (χ0) is 17.7. The van der Waals surface area contributed by atoms with E-state index in [2.05, 4.69) is 22.9 Å². The second-order valence-corrected chi connectivity index (χ2v) is 7.15. The van der Waals surface area contributed by atoms with Crippen LogP contribution in [0.25, 0.3) is 0 Å². The molecule has 140 valence electrons. The Morgan fingerprint density at radius 2 is 1.84 bits per heavy atom. The van der Waals surface area contributed by atoms with E-state index in [-0.39, 0.29) is 36.2 Å². The summed E-state index contributed by atoms with van der Waals surface area (Å²) in [5.41, 5.74) is 1.68. The highest BCUT2D eigenvalue weighted by Gasteiger charge is 2.28. The average Bonchev–Trinajstić information content (AvgIpc) is 2.52. The fourth-order valence-electron chi connectivity index (χ4n) is 3.02. The van der Waals surface area contributed by atoms with Gasteiger partial charge in [-0.15, -0.1) is 12.4 Å². The van der Waals surface area contributed by atoms with Crippen molar-refractivity contribution in [1.82, 2.24) is 16.0 Å². The van der Waals surface area contributed by atoms with Crippen molar-refractivity contribution in [2.24, 2.45) is 5.92 Å². The van der Waals surface area contributed by atoms with Crippen LogP contribution in [0, 0.1) is 12.8 Å². The molecule has 5 nitrogen and oxygen atoms in total. The molecule has 1 aromatic carbocycles. The van der Waals surface area contributed by atoms with Gasteiger partial charge in [-0.3, -0.25) is 9.59 Å². The van der Waals surface area contributed by atoms with Crippen LogP contribution in [0.5, 0.6) is 0 Å². The van der Waals surface area contributed by atoms with Crippen LogP contribution in [0.4, 0.5) is 0 Å². The van der Waals surface area contributed by atoms with Crippen LogP contribution < -0.4 is 16.0 Å². The zero-order valence-electron chi connectivity index (χ0n) is 15.5. The summed E-state index contributed by atoms with van der Waals surface area (Å²) in [7, 11) is 0. The van der Waals surface area contributed by atoms with Crippen molar-refractivity contribution in [3.8, 4) is 0 Å². The summed E-state index contributed by atoms with van der Waals surface area (Å²) < 4.78 is 0. The maximum atomic E-state index is 12.6. The van der Waals surface area contributed by atoms with E-state index in [1.54, 1.807) is 12.1 Å². The van der Waals surface area contributed by atoms with Crippen molar-refractivity contribution < 1.29 is 9.59 Å². The Balaban J connectivity index is 0.00000312. The highest BCUT2D eigenvalue weighted by Crippen LogP contribution is 2.11. The number of halogens is 1. The molecule has 0 spiro atoms. The van der Waals surface area contributed by atoms with E-state index >= 15 is 0 Å². The Bertz CT molecular complexity index is 575. The van der Waals surface area contributed by atoms with E-state index in [0.717, 1.165) is 24.9 Å². The monoisotopic (exact) mass is 367 g/mol. The number of carbonyl (C=O) groups excluding carboxylic acids is 2. The van der Waals surface area contributed by atoms with Crippen molar-refractivity contribution in [2.45, 2.75) is 58.7 Å². The lowest BCUT2D eigenvalue weighted by atomic mass is 9.98. The lowest BCUT2D eigenvalue weighted by molar-refractivity contribution is -0.124. The van der Waals surface area contributed by atoms with Crippen LogP contribution in [0.2, 0.25) is 0 Å². The lowest BCUT2D eigenvalue weighted by Crippen LogP contribution is -2.54. The van der Waals surface area contributed by atoms with Gasteiger partial charge < -0.3 is 16.0 Å². The molecule has 0 radical (unpaired) electrons. The van der Waals surface area contributed by atoms with Crippen LogP contribution in [-0.4, -0.2) is 36.5 Å². The molecule has 3 unspecified atom stereocenters. The van der Waals surface area contributed by atoms with E-state index in [1.807, 2.05) is 32.9 Å². The fraction of sp³-hybridized carbons (Fsp3) is 0.579. The molecule has 1 fully saturated rings. The van der Waals surface area contributed by atoms with Gasteiger partial charge in [0.15, 0.2) is 0 Å². The Hall–Kier alpha value is -1.59. The second kappa shape index (κ2) is 9.78. The van der Waals surface area contributed by atoms with E-state index in [0.29, 0.717) is 11.6 Å². The molecule has 1 heterocycles. The summed E-state index contributed by atoms with van der Waals surface area (Å²) in [6, 6.07) is 7.42. The molecule has 1 aromatic rings. The van der Waals surface area contributed by atoms with Gasteiger partial charge in [-0.1, -0.05) is 31.5 Å². The predicted octanol–water partition coefficient (Wildman–Crippen LogP) is 2.43. The van der Waals surface area contributed by atoms with Crippen molar-refractivity contribution in [2.75, 3.05) is 6.54 Å². The van der Waals surface area contributed by atoms with Gasteiger partial charge in [0, 0.05) is 17.6 Å². The summed E-state index contributed by atoms with van der Waals surface area (Å²) in [6.45, 7) is 8.91. The van der Waals surface area contributed by atoms with Crippen molar-refractivity contribution in [3.63, 3.8) is 0 Å². The van der Waals surface area contributed by atoms with E-state index < -0.39 is 6.04 Å². The van der Waals surface area contributed by atoms with E-state index in [4.69, 9.17) is 0 Å². The minimum absolute atomic E-state index is 0. The van der Waals surface area contributed by atoms with Crippen LogP contribution in [0.1, 0.15) is 49.5 Å². The van der Waals surface area contributed by atoms with Gasteiger partial charge in [-0.25, -0.2) is 0 Å². The number of rotatable bonds is 5. The lowest BCUT2D eigenvalue weighted by Gasteiger charge is -2.31. The van der Waals surface area contributed by atoms with Crippen LogP contribution in [-0.2, 0) is 4.79 Å². The summed E-state index contributed by atoms with van der Waals surface area (Å²) in [5.74, 6) is -0.273. The summed E-state index contributed by atoms with van der Waals surface area (Å²) in [4.78, 5) is 25.1. The Morgan fingerprint density at radius 3 is 2.40 bits per heavy atom. The number of hydrogen-bond donors (Lipinski definition) is 3. The molecule has 2 rings (SSSR count). The summed E-state index contributed by atoms with van der Waals surface area (Å²) in [5, 5.41) is 9.36. The summed E-state index contributed by atoms with van der Waals surface area (Å²) >= 11 is 0. The summed E-state index contributed by atoms with van der Waals surface area (Å²) in [6.07, 6.45) is 1.84. The van der Waals surface area contributed by atoms with E-state index in [1.165, 1.54) is 0 Å². The predicted molar refractivity (Wildman–Crippen MR) is 103 cm³/mol. The van der Waals surface area contributed by atoms with Crippen molar-refractivity contribution in [3.05, 3.63) is 35.4 Å². The maximum absolute atomic E-state index is 12.6. The first-order chi connectivity index (χ1) is 11.4. The molecule has 0 aliphatic carbocycles. The SMILES string of the molecule is Cc1ccc(C(=O)NC(C(=O)NC2CCNC(C)C2)C(C)C)cc1.Cl. The first-order valence-electron chi connectivity index (χ1n) is 8.78. The first kappa shape index (κ1) is 21.5. The Morgan fingerprint density at radius 1 is 1.20 bits per heavy atom. The molecule has 0 saturated carbocycles. The third kappa shape index (κ3) is 6.33.